The van der Waals surface area contributed by atoms with Crippen LogP contribution in [0.4, 0.5) is 10.5 Å². The Labute approximate surface area is 124 Å². The average Bonchev–Trinajstić information content (AvgIpc) is 2.38. The lowest BCUT2D eigenvalue weighted by Gasteiger charge is -2.12. The van der Waals surface area contributed by atoms with Crippen LogP contribution < -0.4 is 10.6 Å². The number of benzene rings is 1. The van der Waals surface area contributed by atoms with E-state index in [9.17, 15) is 9.59 Å². The molecule has 1 rings (SSSR count). The van der Waals surface area contributed by atoms with Crippen LogP contribution in [0.25, 0.3) is 0 Å². The maximum Gasteiger partial charge on any atom is 0.319 e. The van der Waals surface area contributed by atoms with Gasteiger partial charge in [-0.05, 0) is 40.0 Å². The van der Waals surface area contributed by atoms with Gasteiger partial charge in [-0.15, -0.1) is 0 Å². The molecule has 3 N–H and O–H groups in total. The molecule has 0 aromatic heterocycles. The van der Waals surface area contributed by atoms with Crippen molar-refractivity contribution in [3.8, 4) is 6.07 Å². The summed E-state index contributed by atoms with van der Waals surface area (Å²) in [6.45, 7) is 2.01. The Morgan fingerprint density at radius 2 is 2.20 bits per heavy atom. The number of urea groups is 1. The molecule has 0 heterocycles. The van der Waals surface area contributed by atoms with Crippen molar-refractivity contribution < 1.29 is 14.7 Å². The minimum Gasteiger partial charge on any atom is -0.481 e. The van der Waals surface area contributed by atoms with Crippen molar-refractivity contribution in [2.24, 2.45) is 5.92 Å². The predicted octanol–water partition coefficient (Wildman–Crippen LogP) is 2.55. The van der Waals surface area contributed by atoms with Crippen LogP contribution >= 0.6 is 15.9 Å². The fraction of sp³-hybridized carbons (Fsp3) is 0.308. The second-order valence-electron chi connectivity index (χ2n) is 4.34. The average molecular weight is 340 g/mol. The Bertz CT molecular complexity index is 554. The fourth-order valence-electron chi connectivity index (χ4n) is 1.49. The highest BCUT2D eigenvalue weighted by molar-refractivity contribution is 9.10. The van der Waals surface area contributed by atoms with Crippen LogP contribution in [0.3, 0.4) is 0 Å². The van der Waals surface area contributed by atoms with E-state index in [0.717, 1.165) is 0 Å². The number of rotatable bonds is 5. The van der Waals surface area contributed by atoms with Crippen molar-refractivity contribution in [1.29, 1.82) is 5.26 Å². The lowest BCUT2D eigenvalue weighted by atomic mass is 10.1. The van der Waals surface area contributed by atoms with Crippen LogP contribution in [0.2, 0.25) is 0 Å². The molecule has 0 aliphatic heterocycles. The van der Waals surface area contributed by atoms with E-state index in [1.165, 1.54) is 0 Å². The van der Waals surface area contributed by atoms with Crippen molar-refractivity contribution in [2.75, 3.05) is 11.9 Å². The molecule has 0 saturated carbocycles. The molecule has 1 unspecified atom stereocenters. The Kier molecular flexibility index (Phi) is 6.00. The van der Waals surface area contributed by atoms with E-state index >= 15 is 0 Å². The maximum atomic E-state index is 11.7. The zero-order chi connectivity index (χ0) is 15.1. The molecule has 1 aromatic rings. The zero-order valence-electron chi connectivity index (χ0n) is 10.8. The number of nitriles is 1. The van der Waals surface area contributed by atoms with Crippen molar-refractivity contribution in [3.63, 3.8) is 0 Å². The third-order valence-electron chi connectivity index (χ3n) is 2.48. The van der Waals surface area contributed by atoms with Crippen LogP contribution in [0, 0.1) is 17.2 Å². The number of carboxylic acids is 1. The number of carbonyl (C=O) groups excluding carboxylic acids is 1. The van der Waals surface area contributed by atoms with Crippen LogP contribution in [0.1, 0.15) is 18.9 Å². The van der Waals surface area contributed by atoms with Gasteiger partial charge in [-0.1, -0.05) is 6.92 Å². The molecule has 7 heteroatoms. The minimum atomic E-state index is -0.894. The van der Waals surface area contributed by atoms with Gasteiger partial charge in [0.2, 0.25) is 0 Å². The number of hydrogen-bond donors (Lipinski definition) is 3. The van der Waals surface area contributed by atoms with Gasteiger partial charge in [-0.25, -0.2) is 4.79 Å². The number of nitrogens with one attached hydrogen (secondary N) is 2. The maximum absolute atomic E-state index is 11.7. The van der Waals surface area contributed by atoms with E-state index in [-0.39, 0.29) is 18.9 Å². The first-order valence-corrected chi connectivity index (χ1v) is 6.68. The van der Waals surface area contributed by atoms with Gasteiger partial charge in [0.05, 0.1) is 17.3 Å². The van der Waals surface area contributed by atoms with Crippen molar-refractivity contribution in [2.45, 2.75) is 13.3 Å². The molecule has 1 atom stereocenters. The zero-order valence-corrected chi connectivity index (χ0v) is 12.4. The number of aliphatic carboxylic acids is 1. The summed E-state index contributed by atoms with van der Waals surface area (Å²) in [7, 11) is 0. The molecule has 0 spiro atoms. The van der Waals surface area contributed by atoms with E-state index in [0.29, 0.717) is 15.7 Å². The van der Waals surface area contributed by atoms with Crippen molar-refractivity contribution in [1.82, 2.24) is 5.32 Å². The van der Waals surface area contributed by atoms with E-state index in [1.54, 1.807) is 25.1 Å². The summed E-state index contributed by atoms with van der Waals surface area (Å²) >= 11 is 3.26. The quantitative estimate of drug-likeness (QED) is 0.766. The van der Waals surface area contributed by atoms with Gasteiger partial charge in [-0.2, -0.15) is 5.26 Å². The number of carbonyl (C=O) groups is 2. The highest BCUT2D eigenvalue weighted by atomic mass is 79.9. The second-order valence-corrected chi connectivity index (χ2v) is 5.20. The summed E-state index contributed by atoms with van der Waals surface area (Å²) in [6.07, 6.45) is 0.000834. The summed E-state index contributed by atoms with van der Waals surface area (Å²) in [5.41, 5.74) is 1.02. The molecule has 0 radical (unpaired) electrons. The molecule has 106 valence electrons. The number of hydrogen-bond acceptors (Lipinski definition) is 3. The van der Waals surface area contributed by atoms with E-state index in [4.69, 9.17) is 10.4 Å². The van der Waals surface area contributed by atoms with Gasteiger partial charge in [0.1, 0.15) is 0 Å². The molecule has 0 fully saturated rings. The monoisotopic (exact) mass is 339 g/mol. The Morgan fingerprint density at radius 3 is 2.75 bits per heavy atom. The molecule has 6 nitrogen and oxygen atoms in total. The predicted molar refractivity (Wildman–Crippen MR) is 77.3 cm³/mol. The van der Waals surface area contributed by atoms with Crippen LogP contribution in [-0.2, 0) is 4.79 Å². The number of amides is 2. The summed E-state index contributed by atoms with van der Waals surface area (Å²) in [6, 6.07) is 6.37. The molecule has 20 heavy (non-hydrogen) atoms. The first-order chi connectivity index (χ1) is 9.42. The SMILES string of the molecule is CC(CNC(=O)Nc1ccc(C#N)cc1Br)CC(=O)O. The van der Waals surface area contributed by atoms with Gasteiger partial charge >= 0.3 is 12.0 Å². The van der Waals surface area contributed by atoms with Crippen molar-refractivity contribution in [3.05, 3.63) is 28.2 Å². The largest absolute Gasteiger partial charge is 0.481 e. The topological polar surface area (TPSA) is 102 Å². The highest BCUT2D eigenvalue weighted by Crippen LogP contribution is 2.23. The fourth-order valence-corrected chi connectivity index (χ4v) is 1.97. The molecule has 1 aromatic carbocycles. The standard InChI is InChI=1S/C13H14BrN3O3/c1-8(4-12(18)19)7-16-13(20)17-11-3-2-9(6-15)5-10(11)14/h2-3,5,8H,4,7H2,1H3,(H,18,19)(H2,16,17,20). The Balaban J connectivity index is 2.51. The molecular weight excluding hydrogens is 326 g/mol. The normalized spacial score (nSPS) is 11.2. The summed E-state index contributed by atoms with van der Waals surface area (Å²) < 4.78 is 0.602. The molecule has 0 aliphatic carbocycles. The van der Waals surface area contributed by atoms with Gasteiger partial charge < -0.3 is 15.7 Å². The number of anilines is 1. The van der Waals surface area contributed by atoms with Gasteiger partial charge in [0, 0.05) is 17.4 Å². The summed E-state index contributed by atoms with van der Waals surface area (Å²) in [5, 5.41) is 22.6. The third-order valence-corrected chi connectivity index (χ3v) is 3.14. The minimum absolute atomic E-state index is 0.000834. The first-order valence-electron chi connectivity index (χ1n) is 5.88. The van der Waals surface area contributed by atoms with Crippen LogP contribution in [0.15, 0.2) is 22.7 Å². The van der Waals surface area contributed by atoms with E-state index in [1.807, 2.05) is 6.07 Å². The number of halogens is 1. The van der Waals surface area contributed by atoms with Gasteiger partial charge in [0.15, 0.2) is 0 Å². The molecule has 0 saturated heterocycles. The Hall–Kier alpha value is -2.07. The van der Waals surface area contributed by atoms with Crippen LogP contribution in [-0.4, -0.2) is 23.7 Å². The number of carboxylic acid groups (broad SMARTS) is 1. The number of nitrogens with zero attached hydrogens (tertiary/aromatic N) is 1. The van der Waals surface area contributed by atoms with E-state index < -0.39 is 12.0 Å². The first kappa shape index (κ1) is 16.0. The lowest BCUT2D eigenvalue weighted by Crippen LogP contribution is -2.33. The van der Waals surface area contributed by atoms with Gasteiger partial charge in [0.25, 0.3) is 0 Å². The van der Waals surface area contributed by atoms with Crippen molar-refractivity contribution >= 4 is 33.6 Å². The molecule has 0 aliphatic rings. The Morgan fingerprint density at radius 1 is 1.50 bits per heavy atom. The summed E-state index contributed by atoms with van der Waals surface area (Å²) in [4.78, 5) is 22.1. The van der Waals surface area contributed by atoms with Crippen LogP contribution in [0.5, 0.6) is 0 Å². The molecule has 2 amide bonds. The smallest absolute Gasteiger partial charge is 0.319 e. The lowest BCUT2D eigenvalue weighted by molar-refractivity contribution is -0.137. The highest BCUT2D eigenvalue weighted by Gasteiger charge is 2.10. The second kappa shape index (κ2) is 7.50. The summed E-state index contributed by atoms with van der Waals surface area (Å²) in [5.74, 6) is -1.04. The van der Waals surface area contributed by atoms with E-state index in [2.05, 4.69) is 26.6 Å². The molecular formula is C13H14BrN3O3. The third kappa shape index (κ3) is 5.28. The molecule has 0 bridgehead atoms. The van der Waals surface area contributed by atoms with Gasteiger partial charge in [-0.3, -0.25) is 4.79 Å².